The van der Waals surface area contributed by atoms with Gasteiger partial charge < -0.3 is 4.18 Å². The molecule has 0 saturated heterocycles. The topological polar surface area (TPSA) is 97.7 Å². The van der Waals surface area contributed by atoms with E-state index < -0.39 is 25.0 Å². The normalized spacial score (nSPS) is 38.6. The smallest absolute Gasteiger partial charge is 0.319 e. The molecule has 6 fully saturated rings. The van der Waals surface area contributed by atoms with Crippen LogP contribution in [0.15, 0.2) is 98.7 Å². The Labute approximate surface area is 364 Å². The van der Waals surface area contributed by atoms with Crippen molar-refractivity contribution in [3.63, 3.8) is 0 Å². The molecule has 60 heavy (non-hydrogen) atoms. The van der Waals surface area contributed by atoms with Crippen molar-refractivity contribution >= 4 is 32.0 Å². The van der Waals surface area contributed by atoms with Crippen LogP contribution in [0.4, 0.5) is 0 Å². The highest BCUT2D eigenvalue weighted by atomic mass is 32.2. The Bertz CT molecular complexity index is 2380. The van der Waals surface area contributed by atoms with E-state index in [1.165, 1.54) is 85.6 Å². The van der Waals surface area contributed by atoms with Gasteiger partial charge in [-0.05, 0) is 195 Å². The lowest BCUT2D eigenvalue weighted by Crippen LogP contribution is -2.53. The van der Waals surface area contributed by atoms with Gasteiger partial charge in [0.25, 0.3) is 10.1 Å². The van der Waals surface area contributed by atoms with Crippen molar-refractivity contribution in [1.82, 2.24) is 0 Å². The third-order valence-corrected chi connectivity index (χ3v) is 21.5. The molecule has 6 bridgehead atoms. The zero-order valence-electron chi connectivity index (χ0n) is 35.9. The summed E-state index contributed by atoms with van der Waals surface area (Å²) in [6.07, 6.45) is 27.3. The standard InChI is InChI=1S/C51H64O6S3/c1-31-19-49(59(52,53)54)42(32(2)29-50(3)18-8-11-41(30-50)58-40-9-6-5-7-10-40)28-48(31)57-60(55,56)51(4)46(44-24-34-13-16-37(44)21-34)26-39(43-23-33-12-15-36(43)20-33)27-47(51)45-25-35-14-17-38(45)22-35/h5-11,18-19,26-28,32-38,43-46H,12-17,20-25,29-30H2,1-4H3,(H,52,53,54)/p+1. The molecule has 2 aromatic carbocycles. The van der Waals surface area contributed by atoms with Gasteiger partial charge in [-0.15, -0.1) is 0 Å². The van der Waals surface area contributed by atoms with E-state index in [1.54, 1.807) is 13.0 Å². The predicted octanol–water partition coefficient (Wildman–Crippen LogP) is 11.7. The number of allylic oxidation sites excluding steroid dienone is 7. The number of rotatable bonds is 12. The summed E-state index contributed by atoms with van der Waals surface area (Å²) in [7, 11) is -8.96. The molecular formula is C51H65O6S3+. The number of benzene rings is 2. The lowest BCUT2D eigenvalue weighted by Gasteiger charge is -2.48. The Morgan fingerprint density at radius 1 is 0.833 bits per heavy atom. The molecule has 8 aliphatic carbocycles. The molecule has 9 heteroatoms. The second-order valence-corrected chi connectivity index (χ2v) is 26.0. The molecule has 6 saturated carbocycles. The summed E-state index contributed by atoms with van der Waals surface area (Å²) in [4.78, 5) is 2.31. The lowest BCUT2D eigenvalue weighted by atomic mass is 9.63. The third-order valence-electron chi connectivity index (χ3n) is 17.5. The Hall–Kier alpha value is -2.59. The Balaban J connectivity index is 1.01. The van der Waals surface area contributed by atoms with E-state index in [4.69, 9.17) is 4.18 Å². The van der Waals surface area contributed by atoms with Crippen molar-refractivity contribution in [2.24, 2.45) is 64.6 Å². The van der Waals surface area contributed by atoms with Crippen LogP contribution in [0.3, 0.4) is 0 Å². The molecule has 0 aromatic heterocycles. The molecular weight excluding hydrogens is 805 g/mol. The summed E-state index contributed by atoms with van der Waals surface area (Å²) < 4.78 is 73.7. The van der Waals surface area contributed by atoms with E-state index in [9.17, 15) is 13.0 Å². The fourth-order valence-corrected chi connectivity index (χ4v) is 18.5. The molecule has 0 radical (unpaired) electrons. The Morgan fingerprint density at radius 3 is 2.08 bits per heavy atom. The van der Waals surface area contributed by atoms with Crippen LogP contribution in [0.25, 0.3) is 0 Å². The highest BCUT2D eigenvalue weighted by Gasteiger charge is 2.61. The van der Waals surface area contributed by atoms with Crippen molar-refractivity contribution in [2.45, 2.75) is 138 Å². The monoisotopic (exact) mass is 869 g/mol. The Morgan fingerprint density at radius 2 is 1.48 bits per heavy atom. The number of hydrogen-bond acceptors (Lipinski definition) is 5. The van der Waals surface area contributed by atoms with Crippen molar-refractivity contribution in [2.75, 3.05) is 0 Å². The maximum Gasteiger partial charge on any atom is 0.319 e. The van der Waals surface area contributed by atoms with Crippen LogP contribution < -0.4 is 4.18 Å². The molecule has 10 rings (SSSR count). The van der Waals surface area contributed by atoms with Gasteiger partial charge >= 0.3 is 10.1 Å². The first-order valence-corrected chi connectivity index (χ1v) is 27.0. The van der Waals surface area contributed by atoms with Crippen LogP contribution in [-0.4, -0.2) is 26.1 Å². The van der Waals surface area contributed by atoms with Crippen LogP contribution in [0.1, 0.15) is 128 Å². The van der Waals surface area contributed by atoms with Crippen LogP contribution in [0, 0.1) is 71.5 Å². The number of fused-ring (bicyclic) bond motifs is 6. The highest BCUT2D eigenvalue weighted by Crippen LogP contribution is 2.63. The van der Waals surface area contributed by atoms with Crippen LogP contribution >= 0.6 is 0 Å². The maximum absolute atomic E-state index is 15.8. The summed E-state index contributed by atoms with van der Waals surface area (Å²) in [5, 5.41) is 0. The Kier molecular flexibility index (Phi) is 10.6. The van der Waals surface area contributed by atoms with Crippen molar-refractivity contribution in [3.8, 4) is 5.75 Å². The first kappa shape index (κ1) is 41.4. The first-order valence-electron chi connectivity index (χ1n) is 23.2. The molecule has 0 aliphatic heterocycles. The van der Waals surface area contributed by atoms with E-state index >= 15 is 8.42 Å². The van der Waals surface area contributed by atoms with Gasteiger partial charge in [-0.1, -0.05) is 75.6 Å². The second-order valence-electron chi connectivity index (χ2n) is 21.4. The van der Waals surface area contributed by atoms with Gasteiger partial charge in [0.2, 0.25) is 0 Å². The third kappa shape index (κ3) is 7.35. The van der Waals surface area contributed by atoms with Crippen molar-refractivity contribution < 1.29 is 25.6 Å². The largest absolute Gasteiger partial charge is 0.381 e. The molecule has 13 unspecified atom stereocenters. The quantitative estimate of drug-likeness (QED) is 0.0987. The summed E-state index contributed by atoms with van der Waals surface area (Å²) >= 11 is 1.14. The molecule has 8 aliphatic rings. The van der Waals surface area contributed by atoms with E-state index in [-0.39, 0.29) is 33.8 Å². The summed E-state index contributed by atoms with van der Waals surface area (Å²) in [6, 6.07) is 13.4. The average Bonchev–Trinajstić information content (AvgIpc) is 4.08. The van der Waals surface area contributed by atoms with Crippen LogP contribution in [0.2, 0.25) is 0 Å². The predicted molar refractivity (Wildman–Crippen MR) is 242 cm³/mol. The SMILES string of the molecule is Cc1cc(S(=O)(=O)O)c(C(C)CC2(C)C=CC=C([SH+]c3ccccc3)C2)cc1OS(=O)(=O)C1(C)C(C2CC3CCC2C3)=CC(C2CC3CCC2C3)=CC1C1CC2CCC1C2. The van der Waals surface area contributed by atoms with E-state index in [1.807, 2.05) is 32.0 Å². The van der Waals surface area contributed by atoms with Gasteiger partial charge in [0.15, 0.2) is 4.90 Å². The average molecular weight is 870 g/mol. The second kappa shape index (κ2) is 15.3. The first-order chi connectivity index (χ1) is 28.6. The number of aryl methyl sites for hydroxylation is 1. The van der Waals surface area contributed by atoms with E-state index in [0.717, 1.165) is 42.5 Å². The van der Waals surface area contributed by atoms with Crippen LogP contribution in [-0.2, 0) is 32.0 Å². The zero-order chi connectivity index (χ0) is 41.8. The van der Waals surface area contributed by atoms with Gasteiger partial charge in [-0.2, -0.15) is 16.8 Å². The minimum absolute atomic E-state index is 0.167. The maximum atomic E-state index is 15.8. The van der Waals surface area contributed by atoms with Gasteiger partial charge in [-0.25, -0.2) is 0 Å². The van der Waals surface area contributed by atoms with Gasteiger partial charge in [-0.3, -0.25) is 4.55 Å². The highest BCUT2D eigenvalue weighted by molar-refractivity contribution is 7.88. The van der Waals surface area contributed by atoms with Crippen molar-refractivity contribution in [1.29, 1.82) is 0 Å². The van der Waals surface area contributed by atoms with Crippen LogP contribution in [0.5, 0.6) is 5.75 Å². The number of hydrogen-bond donors (Lipinski definition) is 1. The fraction of sp³-hybridized carbons (Fsp3) is 0.608. The molecule has 1 N–H and O–H groups in total. The molecule has 0 heterocycles. The van der Waals surface area contributed by atoms with Gasteiger partial charge in [0.1, 0.15) is 15.4 Å². The van der Waals surface area contributed by atoms with Gasteiger partial charge in [0, 0.05) is 24.1 Å². The molecule has 6 nitrogen and oxygen atoms in total. The minimum Gasteiger partial charge on any atom is -0.381 e. The summed E-state index contributed by atoms with van der Waals surface area (Å²) in [5.41, 5.74) is 3.03. The van der Waals surface area contributed by atoms with E-state index in [0.29, 0.717) is 59.0 Å². The lowest BCUT2D eigenvalue weighted by molar-refractivity contribution is 0.210. The number of thiol groups is 1. The fourth-order valence-electron chi connectivity index (χ4n) is 14.7. The molecule has 2 aromatic rings. The zero-order valence-corrected chi connectivity index (χ0v) is 38.5. The molecule has 0 amide bonds. The summed E-state index contributed by atoms with van der Waals surface area (Å²) in [6.45, 7) is 7.90. The van der Waals surface area contributed by atoms with Crippen molar-refractivity contribution in [3.05, 3.63) is 100 Å². The summed E-state index contributed by atoms with van der Waals surface area (Å²) in [5.74, 6) is 4.61. The molecule has 322 valence electrons. The molecule has 0 spiro atoms. The van der Waals surface area contributed by atoms with Gasteiger partial charge in [0.05, 0.1) is 4.90 Å². The molecule has 13 atom stereocenters. The minimum atomic E-state index is -4.63. The van der Waals surface area contributed by atoms with E-state index in [2.05, 4.69) is 49.4 Å².